The van der Waals surface area contributed by atoms with E-state index in [0.29, 0.717) is 11.7 Å². The minimum Gasteiger partial charge on any atom is -0.507 e. The third-order valence-electron chi connectivity index (χ3n) is 4.39. The SMILES string of the molecule is CCCCCC(CCC)c1ccccc1-c1ccccc1O. The summed E-state index contributed by atoms with van der Waals surface area (Å²) in [5, 5.41) is 10.2. The molecular weight excluding hydrogens is 268 g/mol. The van der Waals surface area contributed by atoms with Gasteiger partial charge in [0.15, 0.2) is 0 Å². The molecule has 0 heterocycles. The van der Waals surface area contributed by atoms with Gasteiger partial charge in [-0.1, -0.05) is 82.0 Å². The fourth-order valence-corrected chi connectivity index (χ4v) is 3.24. The molecule has 0 radical (unpaired) electrons. The highest BCUT2D eigenvalue weighted by molar-refractivity contribution is 5.73. The third kappa shape index (κ3) is 4.13. The summed E-state index contributed by atoms with van der Waals surface area (Å²) in [5.74, 6) is 0.964. The monoisotopic (exact) mass is 296 g/mol. The van der Waals surface area contributed by atoms with Crippen LogP contribution in [0.15, 0.2) is 48.5 Å². The van der Waals surface area contributed by atoms with E-state index in [0.717, 1.165) is 5.56 Å². The van der Waals surface area contributed by atoms with Gasteiger partial charge in [-0.15, -0.1) is 0 Å². The minimum absolute atomic E-state index is 0.374. The van der Waals surface area contributed by atoms with Crippen molar-refractivity contribution in [1.29, 1.82) is 0 Å². The Hall–Kier alpha value is -1.76. The first-order chi connectivity index (χ1) is 10.8. The van der Waals surface area contributed by atoms with Crippen LogP contribution >= 0.6 is 0 Å². The summed E-state index contributed by atoms with van der Waals surface area (Å²) in [5.41, 5.74) is 3.53. The average molecular weight is 296 g/mol. The zero-order chi connectivity index (χ0) is 15.8. The second-order valence-electron chi connectivity index (χ2n) is 6.09. The van der Waals surface area contributed by atoms with Gasteiger partial charge in [0.1, 0.15) is 5.75 Å². The van der Waals surface area contributed by atoms with Gasteiger partial charge in [0.2, 0.25) is 0 Å². The van der Waals surface area contributed by atoms with E-state index in [4.69, 9.17) is 0 Å². The Morgan fingerprint density at radius 3 is 2.14 bits per heavy atom. The van der Waals surface area contributed by atoms with Crippen LogP contribution in [0.1, 0.15) is 63.9 Å². The van der Waals surface area contributed by atoms with Gasteiger partial charge < -0.3 is 5.11 Å². The van der Waals surface area contributed by atoms with Crippen LogP contribution < -0.4 is 0 Å². The van der Waals surface area contributed by atoms with Crippen LogP contribution in [0, 0.1) is 0 Å². The standard InChI is InChI=1S/C21H28O/c1-3-5-6-12-17(11-4-2)18-13-7-8-14-19(18)20-15-9-10-16-21(20)22/h7-10,13-17,22H,3-6,11-12H2,1-2H3. The van der Waals surface area contributed by atoms with Gasteiger partial charge in [-0.25, -0.2) is 0 Å². The van der Waals surface area contributed by atoms with Gasteiger partial charge in [-0.2, -0.15) is 0 Å². The van der Waals surface area contributed by atoms with Crippen molar-refractivity contribution in [3.8, 4) is 16.9 Å². The zero-order valence-corrected chi connectivity index (χ0v) is 13.9. The fraction of sp³-hybridized carbons (Fsp3) is 0.429. The molecule has 0 aliphatic rings. The first kappa shape index (κ1) is 16.6. The van der Waals surface area contributed by atoms with Gasteiger partial charge in [0, 0.05) is 5.56 Å². The molecule has 0 aliphatic carbocycles. The molecule has 1 atom stereocenters. The molecule has 118 valence electrons. The zero-order valence-electron chi connectivity index (χ0n) is 13.9. The van der Waals surface area contributed by atoms with Crippen LogP contribution in [0.5, 0.6) is 5.75 Å². The smallest absolute Gasteiger partial charge is 0.123 e. The van der Waals surface area contributed by atoms with Crippen LogP contribution in [0.4, 0.5) is 0 Å². The number of aromatic hydroxyl groups is 1. The fourth-order valence-electron chi connectivity index (χ4n) is 3.24. The highest BCUT2D eigenvalue weighted by Gasteiger charge is 2.16. The maximum absolute atomic E-state index is 10.2. The summed E-state index contributed by atoms with van der Waals surface area (Å²) in [6.07, 6.45) is 7.52. The molecule has 2 rings (SSSR count). The van der Waals surface area contributed by atoms with Crippen LogP contribution in [-0.2, 0) is 0 Å². The van der Waals surface area contributed by atoms with Crippen LogP contribution in [0.2, 0.25) is 0 Å². The third-order valence-corrected chi connectivity index (χ3v) is 4.39. The Balaban J connectivity index is 2.34. The maximum Gasteiger partial charge on any atom is 0.123 e. The van der Waals surface area contributed by atoms with Crippen LogP contribution in [-0.4, -0.2) is 5.11 Å². The van der Waals surface area contributed by atoms with Gasteiger partial charge >= 0.3 is 0 Å². The first-order valence-corrected chi connectivity index (χ1v) is 8.65. The molecule has 0 fully saturated rings. The Bertz CT molecular complexity index is 574. The van der Waals surface area contributed by atoms with Gasteiger partial charge in [-0.3, -0.25) is 0 Å². The molecule has 1 heteroatoms. The van der Waals surface area contributed by atoms with Crippen molar-refractivity contribution in [3.05, 3.63) is 54.1 Å². The second kappa shape index (κ2) is 8.63. The van der Waals surface area contributed by atoms with Crippen molar-refractivity contribution in [1.82, 2.24) is 0 Å². The quantitative estimate of drug-likeness (QED) is 0.549. The molecule has 0 saturated heterocycles. The lowest BCUT2D eigenvalue weighted by Crippen LogP contribution is -2.01. The van der Waals surface area contributed by atoms with Gasteiger partial charge in [0.05, 0.1) is 0 Å². The van der Waals surface area contributed by atoms with E-state index >= 15 is 0 Å². The summed E-state index contributed by atoms with van der Waals surface area (Å²) in [4.78, 5) is 0. The number of unbranched alkanes of at least 4 members (excludes halogenated alkanes) is 2. The maximum atomic E-state index is 10.2. The van der Waals surface area contributed by atoms with Crippen LogP contribution in [0.25, 0.3) is 11.1 Å². The molecule has 0 saturated carbocycles. The van der Waals surface area contributed by atoms with Gasteiger partial charge in [-0.05, 0) is 36.0 Å². The minimum atomic E-state index is 0.374. The number of para-hydroxylation sites is 1. The highest BCUT2D eigenvalue weighted by Crippen LogP contribution is 2.38. The summed E-state index contributed by atoms with van der Waals surface area (Å²) >= 11 is 0. The molecule has 0 aromatic heterocycles. The van der Waals surface area contributed by atoms with E-state index in [1.165, 1.54) is 49.7 Å². The van der Waals surface area contributed by atoms with E-state index < -0.39 is 0 Å². The van der Waals surface area contributed by atoms with E-state index in [1.54, 1.807) is 6.07 Å². The lowest BCUT2D eigenvalue weighted by atomic mass is 9.84. The Kier molecular flexibility index (Phi) is 6.51. The summed E-state index contributed by atoms with van der Waals surface area (Å²) < 4.78 is 0. The second-order valence-corrected chi connectivity index (χ2v) is 6.09. The molecule has 22 heavy (non-hydrogen) atoms. The predicted molar refractivity (Wildman–Crippen MR) is 95.3 cm³/mol. The lowest BCUT2D eigenvalue weighted by Gasteiger charge is -2.21. The largest absolute Gasteiger partial charge is 0.507 e. The predicted octanol–water partition coefficient (Wildman–Crippen LogP) is 6.52. The van der Waals surface area contributed by atoms with Crippen LogP contribution in [0.3, 0.4) is 0 Å². The first-order valence-electron chi connectivity index (χ1n) is 8.65. The van der Waals surface area contributed by atoms with Crippen molar-refractivity contribution in [3.63, 3.8) is 0 Å². The molecule has 1 nitrogen and oxygen atoms in total. The number of phenolic OH excluding ortho intramolecular Hbond substituents is 1. The molecule has 1 N–H and O–H groups in total. The molecule has 1 unspecified atom stereocenters. The summed E-state index contributed by atoms with van der Waals surface area (Å²) in [7, 11) is 0. The summed E-state index contributed by atoms with van der Waals surface area (Å²) in [6.45, 7) is 4.51. The normalized spacial score (nSPS) is 12.3. The highest BCUT2D eigenvalue weighted by atomic mass is 16.3. The number of hydrogen-bond acceptors (Lipinski definition) is 1. The number of rotatable bonds is 8. The molecule has 0 bridgehead atoms. The van der Waals surface area contributed by atoms with Crippen molar-refractivity contribution >= 4 is 0 Å². The Morgan fingerprint density at radius 1 is 0.773 bits per heavy atom. The molecule has 2 aromatic carbocycles. The molecule has 0 amide bonds. The molecule has 0 spiro atoms. The number of phenols is 1. The molecular formula is C21H28O. The van der Waals surface area contributed by atoms with Crippen molar-refractivity contribution < 1.29 is 5.11 Å². The molecule has 0 aliphatic heterocycles. The Labute approximate surface area is 135 Å². The van der Waals surface area contributed by atoms with E-state index in [-0.39, 0.29) is 0 Å². The summed E-state index contributed by atoms with van der Waals surface area (Å²) in [6, 6.07) is 16.3. The number of hydrogen-bond donors (Lipinski definition) is 1. The van der Waals surface area contributed by atoms with E-state index in [2.05, 4.69) is 38.1 Å². The van der Waals surface area contributed by atoms with Crippen molar-refractivity contribution in [2.24, 2.45) is 0 Å². The van der Waals surface area contributed by atoms with Crippen molar-refractivity contribution in [2.75, 3.05) is 0 Å². The number of benzene rings is 2. The Morgan fingerprint density at radius 2 is 1.45 bits per heavy atom. The lowest BCUT2D eigenvalue weighted by molar-refractivity contribution is 0.477. The van der Waals surface area contributed by atoms with E-state index in [9.17, 15) is 5.11 Å². The van der Waals surface area contributed by atoms with E-state index in [1.807, 2.05) is 18.2 Å². The van der Waals surface area contributed by atoms with Gasteiger partial charge in [0.25, 0.3) is 0 Å². The molecule has 2 aromatic rings. The topological polar surface area (TPSA) is 20.2 Å². The average Bonchev–Trinajstić information content (AvgIpc) is 2.55. The van der Waals surface area contributed by atoms with Crippen molar-refractivity contribution in [2.45, 2.75) is 58.3 Å².